The Morgan fingerprint density at radius 1 is 0.550 bits per heavy atom. The highest BCUT2D eigenvalue weighted by Crippen LogP contribution is 2.42. The molecule has 0 atom stereocenters. The summed E-state index contributed by atoms with van der Waals surface area (Å²) in [5.41, 5.74) is 5.52. The van der Waals surface area contributed by atoms with Crippen molar-refractivity contribution >= 4 is 33.8 Å². The molecule has 3 heteroatoms. The maximum atomic E-state index is 14.7. The summed E-state index contributed by atoms with van der Waals surface area (Å²) in [5.74, 6) is 0. The Hall–Kier alpha value is -4.26. The summed E-state index contributed by atoms with van der Waals surface area (Å²) >= 11 is 0. The predicted molar refractivity (Wildman–Crippen MR) is 171 cm³/mol. The summed E-state index contributed by atoms with van der Waals surface area (Å²) in [6.07, 6.45) is 1.88. The zero-order valence-corrected chi connectivity index (χ0v) is 24.0. The van der Waals surface area contributed by atoms with E-state index in [9.17, 15) is 4.57 Å². The third kappa shape index (κ3) is 4.81. The van der Waals surface area contributed by atoms with Gasteiger partial charge in [0.05, 0.1) is 5.69 Å². The van der Waals surface area contributed by atoms with E-state index < -0.39 is 7.14 Å². The molecule has 0 saturated carbocycles. The summed E-state index contributed by atoms with van der Waals surface area (Å²) < 4.78 is 14.7. The van der Waals surface area contributed by atoms with E-state index >= 15 is 0 Å². The highest BCUT2D eigenvalue weighted by atomic mass is 31.2. The van der Waals surface area contributed by atoms with Crippen LogP contribution < -0.4 is 15.9 Å². The molecule has 0 N–H and O–H groups in total. The SMILES string of the molecule is CC(C)(C)c1cc(-c2cc(-c3ccc(P(=O)(c4ccccc4)c4ccccc4)cc3)ccn2)cc2ccccc12. The summed E-state index contributed by atoms with van der Waals surface area (Å²) in [6.45, 7) is 6.77. The van der Waals surface area contributed by atoms with Gasteiger partial charge >= 0.3 is 0 Å². The molecule has 0 spiro atoms. The molecule has 196 valence electrons. The zero-order valence-electron chi connectivity index (χ0n) is 23.1. The standard InChI is InChI=1S/C37H32NOP/c1-37(2,3)35-25-30(24-29-12-10-11-17-34(29)35)36-26-28(22-23-38-36)27-18-20-33(21-19-27)40(39,31-13-6-4-7-14-31)32-15-8-5-9-16-32/h4-26H,1-3H3. The van der Waals surface area contributed by atoms with E-state index in [0.717, 1.165) is 38.3 Å². The first-order valence-electron chi connectivity index (χ1n) is 13.7. The van der Waals surface area contributed by atoms with Crippen molar-refractivity contribution in [3.8, 4) is 22.4 Å². The Morgan fingerprint density at radius 3 is 1.75 bits per heavy atom. The first-order valence-corrected chi connectivity index (χ1v) is 15.4. The fraction of sp³-hybridized carbons (Fsp3) is 0.108. The van der Waals surface area contributed by atoms with E-state index in [2.05, 4.69) is 75.4 Å². The quantitative estimate of drug-likeness (QED) is 0.206. The second-order valence-corrected chi connectivity index (χ2v) is 14.0. The largest absolute Gasteiger partial charge is 0.309 e. The smallest absolute Gasteiger partial charge is 0.171 e. The van der Waals surface area contributed by atoms with Gasteiger partial charge in [0.15, 0.2) is 7.14 Å². The monoisotopic (exact) mass is 537 g/mol. The molecule has 0 bridgehead atoms. The Balaban J connectivity index is 1.41. The van der Waals surface area contributed by atoms with Crippen LogP contribution >= 0.6 is 7.14 Å². The lowest BCUT2D eigenvalue weighted by atomic mass is 9.82. The number of nitrogens with zero attached hydrogens (tertiary/aromatic N) is 1. The van der Waals surface area contributed by atoms with Crippen LogP contribution in [0.15, 0.2) is 140 Å². The number of rotatable bonds is 5. The van der Waals surface area contributed by atoms with E-state index in [-0.39, 0.29) is 5.41 Å². The molecule has 6 rings (SSSR count). The van der Waals surface area contributed by atoms with Crippen LogP contribution in [-0.2, 0) is 9.98 Å². The van der Waals surface area contributed by atoms with Crippen LogP contribution in [0.3, 0.4) is 0 Å². The molecular formula is C37H32NOP. The van der Waals surface area contributed by atoms with Crippen LogP contribution in [0.1, 0.15) is 26.3 Å². The van der Waals surface area contributed by atoms with E-state index in [4.69, 9.17) is 4.98 Å². The third-order valence-electron chi connectivity index (χ3n) is 7.53. The van der Waals surface area contributed by atoms with Crippen molar-refractivity contribution in [1.29, 1.82) is 0 Å². The topological polar surface area (TPSA) is 30.0 Å². The van der Waals surface area contributed by atoms with E-state index in [0.29, 0.717) is 0 Å². The molecule has 0 aliphatic heterocycles. The molecule has 6 aromatic rings. The number of pyridine rings is 1. The highest BCUT2D eigenvalue weighted by Gasteiger charge is 2.29. The van der Waals surface area contributed by atoms with Gasteiger partial charge in [-0.15, -0.1) is 0 Å². The van der Waals surface area contributed by atoms with Gasteiger partial charge < -0.3 is 4.57 Å². The molecule has 2 nitrogen and oxygen atoms in total. The van der Waals surface area contributed by atoms with Gasteiger partial charge in [-0.25, -0.2) is 0 Å². The van der Waals surface area contributed by atoms with Gasteiger partial charge in [-0.2, -0.15) is 0 Å². The second kappa shape index (κ2) is 10.4. The number of aromatic nitrogens is 1. The Morgan fingerprint density at radius 2 is 1.12 bits per heavy atom. The minimum absolute atomic E-state index is 0.00843. The molecule has 1 heterocycles. The number of benzene rings is 5. The van der Waals surface area contributed by atoms with Gasteiger partial charge in [0.2, 0.25) is 0 Å². The molecule has 0 unspecified atom stereocenters. The summed E-state index contributed by atoms with van der Waals surface area (Å²) in [7, 11) is -3.00. The summed E-state index contributed by atoms with van der Waals surface area (Å²) in [6, 6.07) is 45.1. The number of hydrogen-bond donors (Lipinski definition) is 0. The average molecular weight is 538 g/mol. The summed E-state index contributed by atoms with van der Waals surface area (Å²) in [5, 5.41) is 5.01. The molecular weight excluding hydrogens is 505 g/mol. The average Bonchev–Trinajstić information content (AvgIpc) is 3.00. The molecule has 0 amide bonds. The van der Waals surface area contributed by atoms with Crippen LogP contribution in [0, 0.1) is 0 Å². The van der Waals surface area contributed by atoms with E-state index in [1.54, 1.807) is 0 Å². The van der Waals surface area contributed by atoms with Crippen molar-refractivity contribution in [2.45, 2.75) is 26.2 Å². The molecule has 1 aromatic heterocycles. The second-order valence-electron chi connectivity index (χ2n) is 11.3. The normalized spacial score (nSPS) is 12.0. The lowest BCUT2D eigenvalue weighted by Gasteiger charge is -2.23. The molecule has 0 saturated heterocycles. The number of fused-ring (bicyclic) bond motifs is 1. The van der Waals surface area contributed by atoms with Gasteiger partial charge in [0.25, 0.3) is 0 Å². The molecule has 40 heavy (non-hydrogen) atoms. The van der Waals surface area contributed by atoms with Crippen molar-refractivity contribution in [2.75, 3.05) is 0 Å². The van der Waals surface area contributed by atoms with Crippen LogP contribution in [0.5, 0.6) is 0 Å². The van der Waals surface area contributed by atoms with Crippen molar-refractivity contribution in [2.24, 2.45) is 0 Å². The molecule has 0 fully saturated rings. The predicted octanol–water partition coefficient (Wildman–Crippen LogP) is 8.51. The number of hydrogen-bond acceptors (Lipinski definition) is 2. The van der Waals surface area contributed by atoms with E-state index in [1.807, 2.05) is 85.1 Å². The Kier molecular flexibility index (Phi) is 6.74. The first kappa shape index (κ1) is 26.0. The van der Waals surface area contributed by atoms with Gasteiger partial charge in [-0.3, -0.25) is 4.98 Å². The zero-order chi connectivity index (χ0) is 27.7. The fourth-order valence-electron chi connectivity index (χ4n) is 5.43. The first-order chi connectivity index (χ1) is 19.3. The Bertz CT molecular complexity index is 1790. The maximum Gasteiger partial charge on any atom is 0.171 e. The van der Waals surface area contributed by atoms with Crippen molar-refractivity contribution in [3.63, 3.8) is 0 Å². The molecule has 5 aromatic carbocycles. The van der Waals surface area contributed by atoms with Crippen LogP contribution in [-0.4, -0.2) is 4.98 Å². The van der Waals surface area contributed by atoms with Gasteiger partial charge in [-0.05, 0) is 57.1 Å². The minimum atomic E-state index is -3.00. The minimum Gasteiger partial charge on any atom is -0.309 e. The molecule has 0 aliphatic rings. The van der Waals surface area contributed by atoms with Crippen LogP contribution in [0.4, 0.5) is 0 Å². The van der Waals surface area contributed by atoms with Crippen LogP contribution in [0.25, 0.3) is 33.2 Å². The highest BCUT2D eigenvalue weighted by molar-refractivity contribution is 7.85. The van der Waals surface area contributed by atoms with Gasteiger partial charge in [-0.1, -0.05) is 130 Å². The lowest BCUT2D eigenvalue weighted by Crippen LogP contribution is -2.24. The molecule has 0 radical (unpaired) electrons. The van der Waals surface area contributed by atoms with Gasteiger partial charge in [0, 0.05) is 27.7 Å². The third-order valence-corrected chi connectivity index (χ3v) is 10.6. The fourth-order valence-corrected chi connectivity index (χ4v) is 8.08. The van der Waals surface area contributed by atoms with Crippen LogP contribution in [0.2, 0.25) is 0 Å². The van der Waals surface area contributed by atoms with Crippen molar-refractivity contribution < 1.29 is 4.57 Å². The maximum absolute atomic E-state index is 14.7. The van der Waals surface area contributed by atoms with Gasteiger partial charge in [0.1, 0.15) is 0 Å². The lowest BCUT2D eigenvalue weighted by molar-refractivity contribution is 0.592. The summed E-state index contributed by atoms with van der Waals surface area (Å²) in [4.78, 5) is 4.76. The van der Waals surface area contributed by atoms with Crippen molar-refractivity contribution in [3.05, 3.63) is 145 Å². The van der Waals surface area contributed by atoms with Crippen molar-refractivity contribution in [1.82, 2.24) is 4.98 Å². The Labute approximate surface area is 236 Å². The van der Waals surface area contributed by atoms with E-state index in [1.165, 1.54) is 16.3 Å². The molecule has 0 aliphatic carbocycles.